The fourth-order valence-corrected chi connectivity index (χ4v) is 4.94. The molecule has 14 heavy (non-hydrogen) atoms. The van der Waals surface area contributed by atoms with Gasteiger partial charge in [-0.15, -0.1) is 0 Å². The zero-order chi connectivity index (χ0) is 10.3. The summed E-state index contributed by atoms with van der Waals surface area (Å²) in [6, 6.07) is 6.76. The van der Waals surface area contributed by atoms with Crippen molar-refractivity contribution in [1.29, 1.82) is 0 Å². The topological polar surface area (TPSA) is 28.7 Å². The number of nitrogens with zero attached hydrogens (tertiary/aromatic N) is 1. The normalized spacial score (nSPS) is 12.3. The maximum atomic E-state index is 4.22. The monoisotopic (exact) mass is 296 g/mol. The van der Waals surface area contributed by atoms with E-state index in [9.17, 15) is 0 Å². The standard InChI is InChI=1S/C8H7N2.3CH3.Sn/c1-6-7-4-2-3-5-8(7)10-9-6;;;;/h2,4-5H,1H3,(H,9,10);3*1H3;. The molecule has 0 unspecified atom stereocenters. The Hall–Kier alpha value is -0.511. The molecule has 2 aromatic rings. The average Bonchev–Trinajstić information content (AvgIpc) is 2.46. The second-order valence-electron chi connectivity index (χ2n) is 4.82. The van der Waals surface area contributed by atoms with E-state index in [0.717, 1.165) is 5.69 Å². The van der Waals surface area contributed by atoms with Crippen molar-refractivity contribution in [3.05, 3.63) is 23.9 Å². The molecule has 0 aliphatic rings. The van der Waals surface area contributed by atoms with Gasteiger partial charge in [-0.05, 0) is 0 Å². The Kier molecular flexibility index (Phi) is 2.33. The summed E-state index contributed by atoms with van der Waals surface area (Å²) in [5.41, 5.74) is 2.28. The van der Waals surface area contributed by atoms with Crippen LogP contribution in [0.3, 0.4) is 0 Å². The summed E-state index contributed by atoms with van der Waals surface area (Å²) in [5, 5.41) is 8.56. The first-order valence-electron chi connectivity index (χ1n) is 4.94. The molecule has 0 saturated carbocycles. The number of aromatic nitrogens is 2. The zero-order valence-corrected chi connectivity index (χ0v) is 12.0. The Morgan fingerprint density at radius 3 is 2.57 bits per heavy atom. The first-order valence-corrected chi connectivity index (χ1v) is 14.9. The van der Waals surface area contributed by atoms with Gasteiger partial charge < -0.3 is 0 Å². The summed E-state index contributed by atoms with van der Waals surface area (Å²) in [4.78, 5) is 7.29. The SMILES string of the molecule is Cc1n[nH]c2c[c]([Sn]([CH3])([CH3])[CH3])ccc12. The summed E-state index contributed by atoms with van der Waals surface area (Å²) in [6.45, 7) is 2.04. The number of nitrogens with one attached hydrogen (secondary N) is 1. The third-order valence-electron chi connectivity index (χ3n) is 2.62. The molecule has 0 spiro atoms. The van der Waals surface area contributed by atoms with Crippen molar-refractivity contribution in [2.24, 2.45) is 0 Å². The number of fused-ring (bicyclic) bond motifs is 1. The van der Waals surface area contributed by atoms with Gasteiger partial charge in [0.2, 0.25) is 0 Å². The molecule has 1 aromatic carbocycles. The molecule has 0 aliphatic heterocycles. The number of aryl methyl sites for hydroxylation is 1. The van der Waals surface area contributed by atoms with Gasteiger partial charge >= 0.3 is 88.7 Å². The summed E-state index contributed by atoms with van der Waals surface area (Å²) in [7, 11) is 0. The summed E-state index contributed by atoms with van der Waals surface area (Å²) in [5.74, 6) is 0. The van der Waals surface area contributed by atoms with Gasteiger partial charge in [-0.2, -0.15) is 0 Å². The van der Waals surface area contributed by atoms with Crippen molar-refractivity contribution < 1.29 is 0 Å². The van der Waals surface area contributed by atoms with Crippen molar-refractivity contribution in [1.82, 2.24) is 10.2 Å². The van der Waals surface area contributed by atoms with Gasteiger partial charge in [-0.3, -0.25) is 0 Å². The summed E-state index contributed by atoms with van der Waals surface area (Å²) >= 11 is -1.90. The van der Waals surface area contributed by atoms with Crippen LogP contribution in [0.4, 0.5) is 0 Å². The minimum atomic E-state index is -1.90. The molecule has 3 heteroatoms. The maximum absolute atomic E-state index is 4.22. The van der Waals surface area contributed by atoms with Crippen LogP contribution in [0, 0.1) is 6.92 Å². The summed E-state index contributed by atoms with van der Waals surface area (Å²) in [6.07, 6.45) is 0. The zero-order valence-electron chi connectivity index (χ0n) is 9.18. The molecule has 0 aliphatic carbocycles. The third kappa shape index (κ3) is 1.67. The number of benzene rings is 1. The van der Waals surface area contributed by atoms with E-state index in [1.54, 1.807) is 3.58 Å². The Morgan fingerprint density at radius 1 is 1.21 bits per heavy atom. The number of rotatable bonds is 1. The predicted octanol–water partition coefficient (Wildman–Crippen LogP) is 2.42. The van der Waals surface area contributed by atoms with E-state index in [4.69, 9.17) is 0 Å². The fraction of sp³-hybridized carbons (Fsp3) is 0.364. The molecule has 0 fully saturated rings. The van der Waals surface area contributed by atoms with E-state index in [0.29, 0.717) is 0 Å². The molecule has 0 amide bonds. The predicted molar refractivity (Wildman–Crippen MR) is 63.8 cm³/mol. The second-order valence-corrected chi connectivity index (χ2v) is 19.3. The van der Waals surface area contributed by atoms with Crippen LogP contribution in [-0.4, -0.2) is 28.6 Å². The van der Waals surface area contributed by atoms with Crippen LogP contribution < -0.4 is 3.58 Å². The van der Waals surface area contributed by atoms with Gasteiger partial charge in [0.1, 0.15) is 0 Å². The van der Waals surface area contributed by atoms with Crippen molar-refractivity contribution in [3.8, 4) is 0 Å². The number of aromatic amines is 1. The molecular formula is C11H16N2Sn. The molecule has 0 atom stereocenters. The van der Waals surface area contributed by atoms with Crippen LogP contribution in [0.25, 0.3) is 10.9 Å². The molecule has 2 nitrogen and oxygen atoms in total. The molecule has 74 valence electrons. The molecule has 0 radical (unpaired) electrons. The number of hydrogen-bond acceptors (Lipinski definition) is 1. The van der Waals surface area contributed by atoms with Crippen LogP contribution in [-0.2, 0) is 0 Å². The van der Waals surface area contributed by atoms with E-state index in [-0.39, 0.29) is 0 Å². The Bertz CT molecular complexity index is 466. The fourth-order valence-electron chi connectivity index (χ4n) is 1.62. The molecule has 2 rings (SSSR count). The van der Waals surface area contributed by atoms with Crippen molar-refractivity contribution >= 4 is 32.9 Å². The number of H-pyrrole nitrogens is 1. The summed E-state index contributed by atoms with van der Waals surface area (Å²) < 4.78 is 1.55. The molecule has 1 aromatic heterocycles. The average molecular weight is 295 g/mol. The van der Waals surface area contributed by atoms with Crippen LogP contribution in [0.1, 0.15) is 5.69 Å². The van der Waals surface area contributed by atoms with Crippen LogP contribution in [0.15, 0.2) is 18.2 Å². The van der Waals surface area contributed by atoms with E-state index in [2.05, 4.69) is 43.2 Å². The van der Waals surface area contributed by atoms with E-state index in [1.807, 2.05) is 6.92 Å². The van der Waals surface area contributed by atoms with Gasteiger partial charge in [0.15, 0.2) is 0 Å². The third-order valence-corrected chi connectivity index (χ3v) is 8.45. The molecule has 1 heterocycles. The molecule has 0 bridgehead atoms. The molecular weight excluding hydrogens is 279 g/mol. The quantitative estimate of drug-likeness (QED) is 0.804. The van der Waals surface area contributed by atoms with E-state index >= 15 is 0 Å². The van der Waals surface area contributed by atoms with Crippen molar-refractivity contribution in [2.45, 2.75) is 21.7 Å². The van der Waals surface area contributed by atoms with Crippen LogP contribution in [0.2, 0.25) is 14.8 Å². The van der Waals surface area contributed by atoms with Gasteiger partial charge in [0.05, 0.1) is 0 Å². The second kappa shape index (κ2) is 3.26. The first kappa shape index (κ1) is 10.0. The van der Waals surface area contributed by atoms with E-state index < -0.39 is 18.4 Å². The van der Waals surface area contributed by atoms with E-state index in [1.165, 1.54) is 10.9 Å². The van der Waals surface area contributed by atoms with Crippen LogP contribution >= 0.6 is 0 Å². The minimum absolute atomic E-state index is 1.09. The van der Waals surface area contributed by atoms with Gasteiger partial charge in [0.25, 0.3) is 0 Å². The Morgan fingerprint density at radius 2 is 1.93 bits per heavy atom. The van der Waals surface area contributed by atoms with Crippen LogP contribution in [0.5, 0.6) is 0 Å². The van der Waals surface area contributed by atoms with Crippen molar-refractivity contribution in [3.63, 3.8) is 0 Å². The van der Waals surface area contributed by atoms with Gasteiger partial charge in [-0.1, -0.05) is 0 Å². The van der Waals surface area contributed by atoms with Gasteiger partial charge in [-0.25, -0.2) is 0 Å². The molecule has 1 N–H and O–H groups in total. The van der Waals surface area contributed by atoms with Gasteiger partial charge in [0, 0.05) is 0 Å². The number of hydrogen-bond donors (Lipinski definition) is 1. The Labute approximate surface area is 88.6 Å². The molecule has 0 saturated heterocycles. The van der Waals surface area contributed by atoms with Crippen molar-refractivity contribution in [2.75, 3.05) is 0 Å². The first-order chi connectivity index (χ1) is 6.48. The Balaban J connectivity index is 2.63.